The molecule has 2 amide bonds. The monoisotopic (exact) mass is 653 g/mol. The summed E-state index contributed by atoms with van der Waals surface area (Å²) in [6, 6.07) is 3.22. The SMILES string of the molecule is CC(C)(C)OC(=O)N1CCC(c2cc(C(F)F)sc2C(=O)N[C@@H]2CCCN(c3cc(Br)n4ncnc(N)c34)C2)CC1. The van der Waals surface area contributed by atoms with Crippen LogP contribution in [0.15, 0.2) is 23.1 Å². The Morgan fingerprint density at radius 2 is 1.93 bits per heavy atom. The second-order valence-electron chi connectivity index (χ2n) is 11.5. The molecule has 5 heterocycles. The molecular formula is C27H34BrF2N7O3S. The Morgan fingerprint density at radius 1 is 1.20 bits per heavy atom. The maximum atomic E-state index is 13.8. The van der Waals surface area contributed by atoms with Crippen molar-refractivity contribution in [1.29, 1.82) is 0 Å². The lowest BCUT2D eigenvalue weighted by Gasteiger charge is -2.35. The molecule has 0 saturated carbocycles. The van der Waals surface area contributed by atoms with Gasteiger partial charge in [-0.05, 0) is 86.0 Å². The molecule has 0 aromatic carbocycles. The number of piperidine rings is 2. The Kier molecular flexibility index (Phi) is 8.42. The second kappa shape index (κ2) is 11.7. The van der Waals surface area contributed by atoms with E-state index >= 15 is 0 Å². The maximum absolute atomic E-state index is 13.8. The number of carbonyl (C=O) groups excluding carboxylic acids is 2. The van der Waals surface area contributed by atoms with Crippen LogP contribution in [-0.2, 0) is 4.74 Å². The predicted octanol–water partition coefficient (Wildman–Crippen LogP) is 5.59. The molecule has 10 nitrogen and oxygen atoms in total. The van der Waals surface area contributed by atoms with E-state index in [1.165, 1.54) is 12.4 Å². The zero-order valence-corrected chi connectivity index (χ0v) is 25.6. The van der Waals surface area contributed by atoms with Gasteiger partial charge in [-0.25, -0.2) is 23.1 Å². The first-order chi connectivity index (χ1) is 19.4. The van der Waals surface area contributed by atoms with Crippen LogP contribution in [0.4, 0.5) is 25.1 Å². The van der Waals surface area contributed by atoms with Crippen molar-refractivity contribution in [3.05, 3.63) is 38.4 Å². The van der Waals surface area contributed by atoms with Crippen molar-refractivity contribution in [3.8, 4) is 0 Å². The lowest BCUT2D eigenvalue weighted by Crippen LogP contribution is -2.48. The first-order valence-corrected chi connectivity index (χ1v) is 15.3. The lowest BCUT2D eigenvalue weighted by atomic mass is 9.89. The smallest absolute Gasteiger partial charge is 0.410 e. The highest BCUT2D eigenvalue weighted by Gasteiger charge is 2.33. The molecule has 3 aromatic rings. The average Bonchev–Trinajstić information content (AvgIpc) is 3.51. The minimum absolute atomic E-state index is 0.103. The molecule has 1 atom stereocenters. The molecule has 222 valence electrons. The van der Waals surface area contributed by atoms with Gasteiger partial charge in [0, 0.05) is 32.2 Å². The molecule has 14 heteroatoms. The summed E-state index contributed by atoms with van der Waals surface area (Å²) in [6.07, 6.45) is 1.07. The van der Waals surface area contributed by atoms with E-state index in [1.54, 1.807) is 9.42 Å². The van der Waals surface area contributed by atoms with Gasteiger partial charge in [0.25, 0.3) is 12.3 Å². The van der Waals surface area contributed by atoms with Crippen molar-refractivity contribution >= 4 is 56.3 Å². The number of amides is 2. The standard InChI is InChI=1S/C27H34BrF2N7O3S/c1-27(2,3)40-26(39)35-9-6-15(7-10-35)17-11-19(23(29)30)41-22(17)25(38)34-16-5-4-8-36(13-16)18-12-20(28)37-21(18)24(31)32-14-33-37/h11-12,14-16,23H,4-10,13H2,1-3H3,(H,34,38)(H2,31,32,33)/t16-/m1/s1. The van der Waals surface area contributed by atoms with Gasteiger partial charge in [-0.1, -0.05) is 0 Å². The van der Waals surface area contributed by atoms with Gasteiger partial charge in [-0.2, -0.15) is 5.10 Å². The number of nitrogen functional groups attached to an aromatic ring is 1. The first kappa shape index (κ1) is 29.5. The molecule has 3 N–H and O–H groups in total. The summed E-state index contributed by atoms with van der Waals surface area (Å²) in [5.74, 6) is -0.0921. The zero-order valence-electron chi connectivity index (χ0n) is 23.2. The normalized spacial score (nSPS) is 18.8. The summed E-state index contributed by atoms with van der Waals surface area (Å²) in [4.78, 5) is 34.1. The van der Waals surface area contributed by atoms with Gasteiger partial charge < -0.3 is 25.6 Å². The average molecular weight is 655 g/mol. The molecule has 0 unspecified atom stereocenters. The number of rotatable bonds is 5. The van der Waals surface area contributed by atoms with Crippen LogP contribution < -0.4 is 16.0 Å². The highest BCUT2D eigenvalue weighted by Crippen LogP contribution is 2.39. The van der Waals surface area contributed by atoms with Crippen LogP contribution in [-0.4, -0.2) is 69.3 Å². The fourth-order valence-corrected chi connectivity index (χ4v) is 7.02. The lowest BCUT2D eigenvalue weighted by molar-refractivity contribution is 0.0204. The minimum atomic E-state index is -2.67. The zero-order chi connectivity index (χ0) is 29.5. The number of halogens is 3. The summed E-state index contributed by atoms with van der Waals surface area (Å²) in [5, 5.41) is 7.37. The Balaban J connectivity index is 1.29. The van der Waals surface area contributed by atoms with Crippen LogP contribution in [0.5, 0.6) is 0 Å². The highest BCUT2D eigenvalue weighted by molar-refractivity contribution is 9.10. The number of hydrogen-bond donors (Lipinski definition) is 2. The van der Waals surface area contributed by atoms with Gasteiger partial charge in [-0.15, -0.1) is 11.3 Å². The maximum Gasteiger partial charge on any atom is 0.410 e. The van der Waals surface area contributed by atoms with Crippen LogP contribution in [0, 0.1) is 0 Å². The van der Waals surface area contributed by atoms with Crippen molar-refractivity contribution in [3.63, 3.8) is 0 Å². The Labute approximate surface area is 249 Å². The van der Waals surface area contributed by atoms with Crippen LogP contribution in [0.2, 0.25) is 0 Å². The number of fused-ring (bicyclic) bond motifs is 1. The third-order valence-electron chi connectivity index (χ3n) is 7.40. The summed E-state index contributed by atoms with van der Waals surface area (Å²) in [6.45, 7) is 7.61. The Morgan fingerprint density at radius 3 is 2.61 bits per heavy atom. The summed E-state index contributed by atoms with van der Waals surface area (Å²) >= 11 is 4.37. The molecule has 5 rings (SSSR count). The molecule has 2 aliphatic heterocycles. The van der Waals surface area contributed by atoms with Gasteiger partial charge in [-0.3, -0.25) is 4.79 Å². The molecule has 2 aliphatic rings. The van der Waals surface area contributed by atoms with Gasteiger partial charge in [0.2, 0.25) is 0 Å². The van der Waals surface area contributed by atoms with Gasteiger partial charge in [0.1, 0.15) is 22.0 Å². The van der Waals surface area contributed by atoms with E-state index in [0.717, 1.165) is 41.0 Å². The predicted molar refractivity (Wildman–Crippen MR) is 157 cm³/mol. The van der Waals surface area contributed by atoms with Gasteiger partial charge in [0.15, 0.2) is 5.82 Å². The fraction of sp³-hybridized carbons (Fsp3) is 0.556. The number of likely N-dealkylation sites (tertiary alicyclic amines) is 1. The van der Waals surface area contributed by atoms with Crippen LogP contribution in [0.1, 0.15) is 78.9 Å². The molecular weight excluding hydrogens is 620 g/mol. The van der Waals surface area contributed by atoms with E-state index in [2.05, 4.69) is 36.2 Å². The van der Waals surface area contributed by atoms with Crippen molar-refractivity contribution < 1.29 is 23.1 Å². The molecule has 0 radical (unpaired) electrons. The van der Waals surface area contributed by atoms with Crippen molar-refractivity contribution in [2.45, 2.75) is 70.4 Å². The quantitative estimate of drug-likeness (QED) is 0.369. The van der Waals surface area contributed by atoms with Crippen molar-refractivity contribution in [2.75, 3.05) is 36.8 Å². The van der Waals surface area contributed by atoms with Crippen molar-refractivity contribution in [1.82, 2.24) is 24.8 Å². The Hall–Kier alpha value is -3.00. The Bertz CT molecular complexity index is 1430. The molecule has 0 aliphatic carbocycles. The number of nitrogens with zero attached hydrogens (tertiary/aromatic N) is 5. The molecule has 41 heavy (non-hydrogen) atoms. The van der Waals surface area contributed by atoms with Crippen LogP contribution in [0.25, 0.3) is 5.52 Å². The summed E-state index contributed by atoms with van der Waals surface area (Å²) in [5.41, 5.74) is 7.74. The number of anilines is 2. The first-order valence-electron chi connectivity index (χ1n) is 13.6. The third-order valence-corrected chi connectivity index (χ3v) is 9.13. The molecule has 2 fully saturated rings. The molecule has 0 bridgehead atoms. The molecule has 0 spiro atoms. The number of nitrogens with two attached hydrogens (primary N) is 1. The number of aromatic nitrogens is 3. The third kappa shape index (κ3) is 6.42. The topological polar surface area (TPSA) is 118 Å². The summed E-state index contributed by atoms with van der Waals surface area (Å²) in [7, 11) is 0. The number of ether oxygens (including phenoxy) is 1. The minimum Gasteiger partial charge on any atom is -0.444 e. The van der Waals surface area contributed by atoms with Crippen molar-refractivity contribution in [2.24, 2.45) is 0 Å². The number of thiophene rings is 1. The van der Waals surface area contributed by atoms with E-state index in [-0.39, 0.29) is 28.8 Å². The summed E-state index contributed by atoms with van der Waals surface area (Å²) < 4.78 is 35.4. The van der Waals surface area contributed by atoms with Crippen LogP contribution >= 0.6 is 27.3 Å². The van der Waals surface area contributed by atoms with E-state index in [9.17, 15) is 18.4 Å². The van der Waals surface area contributed by atoms with Gasteiger partial charge in [0.05, 0.1) is 15.4 Å². The number of carbonyl (C=O) groups is 2. The van der Waals surface area contributed by atoms with Gasteiger partial charge >= 0.3 is 6.09 Å². The number of hydrogen-bond acceptors (Lipinski definition) is 8. The van der Waals surface area contributed by atoms with E-state index in [4.69, 9.17) is 10.5 Å². The molecule has 3 aromatic heterocycles. The largest absolute Gasteiger partial charge is 0.444 e. The van der Waals surface area contributed by atoms with E-state index in [0.29, 0.717) is 54.3 Å². The second-order valence-corrected chi connectivity index (χ2v) is 13.4. The fourth-order valence-electron chi connectivity index (χ4n) is 5.53. The number of alkyl halides is 2. The van der Waals surface area contributed by atoms with Crippen LogP contribution in [0.3, 0.4) is 0 Å². The van der Waals surface area contributed by atoms with E-state index in [1.807, 2.05) is 26.8 Å². The highest BCUT2D eigenvalue weighted by atomic mass is 79.9. The number of nitrogens with one attached hydrogen (secondary N) is 1. The van der Waals surface area contributed by atoms with E-state index < -0.39 is 12.0 Å². The molecule has 2 saturated heterocycles.